The van der Waals surface area contributed by atoms with Crippen molar-refractivity contribution in [2.45, 2.75) is 0 Å². The standard InChI is InChI=1S/C15H13ClN2O4S/c16-12-7-5-11(6-8-12)9-10-23(21,22)18-17-15(20)13-3-1-2-4-14(13)19/h1-10,18-19H,(H,17,20)/b10-9+. The Bertz CT molecular complexity index is 833. The SMILES string of the molecule is O=C(NNS(=O)(=O)/C=C/c1ccc(Cl)cc1)c1ccccc1O. The van der Waals surface area contributed by atoms with Crippen molar-refractivity contribution < 1.29 is 18.3 Å². The Hall–Kier alpha value is -2.35. The minimum absolute atomic E-state index is 0.0446. The van der Waals surface area contributed by atoms with E-state index in [2.05, 4.69) is 0 Å². The quantitative estimate of drug-likeness (QED) is 0.719. The van der Waals surface area contributed by atoms with Crippen molar-refractivity contribution in [3.63, 3.8) is 0 Å². The Kier molecular flexibility index (Phi) is 5.38. The predicted octanol–water partition coefficient (Wildman–Crippen LogP) is 2.28. The first-order valence-corrected chi connectivity index (χ1v) is 8.33. The number of hydrazine groups is 1. The average Bonchev–Trinajstić information content (AvgIpc) is 2.53. The van der Waals surface area contributed by atoms with Gasteiger partial charge in [-0.1, -0.05) is 35.9 Å². The van der Waals surface area contributed by atoms with Crippen LogP contribution in [0.4, 0.5) is 0 Å². The van der Waals surface area contributed by atoms with Crippen LogP contribution >= 0.6 is 11.6 Å². The van der Waals surface area contributed by atoms with E-state index in [0.29, 0.717) is 10.6 Å². The number of carbonyl (C=O) groups excluding carboxylic acids is 1. The second kappa shape index (κ2) is 7.28. The molecule has 0 radical (unpaired) electrons. The first kappa shape index (κ1) is 17.0. The van der Waals surface area contributed by atoms with Crippen LogP contribution in [-0.2, 0) is 10.0 Å². The van der Waals surface area contributed by atoms with Gasteiger partial charge in [0.1, 0.15) is 5.75 Å². The Morgan fingerprint density at radius 1 is 1.09 bits per heavy atom. The van der Waals surface area contributed by atoms with E-state index in [-0.39, 0.29) is 11.3 Å². The van der Waals surface area contributed by atoms with Crippen LogP contribution in [0.3, 0.4) is 0 Å². The number of rotatable bonds is 5. The van der Waals surface area contributed by atoms with Crippen LogP contribution in [0, 0.1) is 0 Å². The van der Waals surface area contributed by atoms with Crippen LogP contribution in [0.2, 0.25) is 5.02 Å². The molecule has 0 aliphatic heterocycles. The zero-order chi connectivity index (χ0) is 16.9. The molecule has 120 valence electrons. The van der Waals surface area contributed by atoms with Gasteiger partial charge in [-0.15, -0.1) is 4.83 Å². The number of para-hydroxylation sites is 1. The maximum absolute atomic E-state index is 11.8. The van der Waals surface area contributed by atoms with Crippen LogP contribution < -0.4 is 10.3 Å². The minimum atomic E-state index is -3.88. The van der Waals surface area contributed by atoms with Crippen molar-refractivity contribution in [2.75, 3.05) is 0 Å². The van der Waals surface area contributed by atoms with E-state index in [9.17, 15) is 18.3 Å². The lowest BCUT2D eigenvalue weighted by molar-refractivity contribution is 0.0942. The molecule has 3 N–H and O–H groups in total. The number of sulfonamides is 1. The number of carbonyl (C=O) groups is 1. The van der Waals surface area contributed by atoms with E-state index < -0.39 is 15.9 Å². The summed E-state index contributed by atoms with van der Waals surface area (Å²) in [5.41, 5.74) is 2.60. The largest absolute Gasteiger partial charge is 0.507 e. The highest BCUT2D eigenvalue weighted by Crippen LogP contribution is 2.15. The molecule has 8 heteroatoms. The van der Waals surface area contributed by atoms with Gasteiger partial charge in [-0.25, -0.2) is 8.42 Å². The number of amides is 1. The smallest absolute Gasteiger partial charge is 0.269 e. The Morgan fingerprint density at radius 2 is 1.74 bits per heavy atom. The van der Waals surface area contributed by atoms with Crippen LogP contribution in [0.5, 0.6) is 5.75 Å². The molecule has 0 aromatic heterocycles. The first-order chi connectivity index (χ1) is 10.9. The number of phenolic OH excluding ortho intramolecular Hbond substituents is 1. The molecule has 0 bridgehead atoms. The summed E-state index contributed by atoms with van der Waals surface area (Å²) in [6, 6.07) is 12.3. The zero-order valence-corrected chi connectivity index (χ0v) is 13.3. The molecule has 0 atom stereocenters. The summed E-state index contributed by atoms with van der Waals surface area (Å²) < 4.78 is 23.6. The van der Waals surface area contributed by atoms with Gasteiger partial charge in [-0.2, -0.15) is 0 Å². The minimum Gasteiger partial charge on any atom is -0.507 e. The van der Waals surface area contributed by atoms with Crippen molar-refractivity contribution in [1.82, 2.24) is 10.3 Å². The molecule has 0 heterocycles. The second-order valence-corrected chi connectivity index (χ2v) is 6.48. The third-order valence-corrected chi connectivity index (χ3v) is 3.90. The van der Waals surface area contributed by atoms with E-state index in [1.165, 1.54) is 18.2 Å². The van der Waals surface area contributed by atoms with Gasteiger partial charge in [-0.3, -0.25) is 10.2 Å². The molecule has 23 heavy (non-hydrogen) atoms. The summed E-state index contributed by atoms with van der Waals surface area (Å²) in [6.07, 6.45) is 1.35. The zero-order valence-electron chi connectivity index (χ0n) is 11.7. The van der Waals surface area contributed by atoms with Gasteiger partial charge in [0.05, 0.1) is 5.56 Å². The summed E-state index contributed by atoms with van der Waals surface area (Å²) in [7, 11) is -3.88. The van der Waals surface area contributed by atoms with E-state index >= 15 is 0 Å². The maximum atomic E-state index is 11.8. The first-order valence-electron chi connectivity index (χ1n) is 6.41. The van der Waals surface area contributed by atoms with Crippen molar-refractivity contribution >= 4 is 33.6 Å². The fourth-order valence-electron chi connectivity index (χ4n) is 1.63. The molecular weight excluding hydrogens is 340 g/mol. The molecule has 2 aromatic rings. The van der Waals surface area contributed by atoms with Crippen LogP contribution in [-0.4, -0.2) is 19.4 Å². The highest BCUT2D eigenvalue weighted by atomic mass is 35.5. The van der Waals surface area contributed by atoms with Crippen molar-refractivity contribution in [3.8, 4) is 5.75 Å². The van der Waals surface area contributed by atoms with Gasteiger partial charge in [-0.05, 0) is 35.9 Å². The lowest BCUT2D eigenvalue weighted by Gasteiger charge is -2.06. The number of hydrogen-bond acceptors (Lipinski definition) is 4. The van der Waals surface area contributed by atoms with Crippen LogP contribution in [0.1, 0.15) is 15.9 Å². The number of phenols is 1. The molecule has 0 spiro atoms. The van der Waals surface area contributed by atoms with Crippen molar-refractivity contribution in [3.05, 3.63) is 70.1 Å². The third-order valence-electron chi connectivity index (χ3n) is 2.77. The van der Waals surface area contributed by atoms with E-state index in [1.54, 1.807) is 36.4 Å². The van der Waals surface area contributed by atoms with Crippen LogP contribution in [0.15, 0.2) is 53.9 Å². The third kappa shape index (κ3) is 5.10. The molecule has 2 rings (SSSR count). The summed E-state index contributed by atoms with van der Waals surface area (Å²) in [6.45, 7) is 0. The lowest BCUT2D eigenvalue weighted by Crippen LogP contribution is -2.40. The fraction of sp³-hybridized carbons (Fsp3) is 0. The summed E-state index contributed by atoms with van der Waals surface area (Å²) in [5.74, 6) is -1.02. The summed E-state index contributed by atoms with van der Waals surface area (Å²) >= 11 is 5.73. The molecule has 2 aromatic carbocycles. The molecule has 0 unspecified atom stereocenters. The topological polar surface area (TPSA) is 95.5 Å². The van der Waals surface area contributed by atoms with E-state index in [1.807, 2.05) is 10.3 Å². The summed E-state index contributed by atoms with van der Waals surface area (Å²) in [5, 5.41) is 11.0. The normalized spacial score (nSPS) is 11.5. The highest BCUT2D eigenvalue weighted by molar-refractivity contribution is 7.92. The number of aromatic hydroxyl groups is 1. The van der Waals surface area contributed by atoms with Gasteiger partial charge >= 0.3 is 0 Å². The Morgan fingerprint density at radius 3 is 2.39 bits per heavy atom. The van der Waals surface area contributed by atoms with Gasteiger partial charge in [0, 0.05) is 10.4 Å². The molecule has 0 saturated heterocycles. The van der Waals surface area contributed by atoms with Crippen molar-refractivity contribution in [1.29, 1.82) is 0 Å². The van der Waals surface area contributed by atoms with Gasteiger partial charge < -0.3 is 5.11 Å². The molecule has 0 aliphatic carbocycles. The van der Waals surface area contributed by atoms with Gasteiger partial charge in [0.25, 0.3) is 15.9 Å². The number of hydrogen-bond donors (Lipinski definition) is 3. The second-order valence-electron chi connectivity index (χ2n) is 4.47. The van der Waals surface area contributed by atoms with E-state index in [0.717, 1.165) is 5.41 Å². The molecule has 0 saturated carbocycles. The molecule has 0 aliphatic rings. The Balaban J connectivity index is 2.00. The predicted molar refractivity (Wildman–Crippen MR) is 88.1 cm³/mol. The number of nitrogens with one attached hydrogen (secondary N) is 2. The van der Waals surface area contributed by atoms with E-state index in [4.69, 9.17) is 11.6 Å². The molecule has 1 amide bonds. The highest BCUT2D eigenvalue weighted by Gasteiger charge is 2.12. The van der Waals surface area contributed by atoms with Gasteiger partial charge in [0.2, 0.25) is 0 Å². The molecule has 6 nitrogen and oxygen atoms in total. The van der Waals surface area contributed by atoms with Gasteiger partial charge in [0.15, 0.2) is 0 Å². The molecular formula is C15H13ClN2O4S. The summed E-state index contributed by atoms with van der Waals surface area (Å²) in [4.78, 5) is 13.7. The monoisotopic (exact) mass is 352 g/mol. The Labute approximate surface area is 138 Å². The number of benzene rings is 2. The average molecular weight is 353 g/mol. The lowest BCUT2D eigenvalue weighted by atomic mass is 10.2. The van der Waals surface area contributed by atoms with Crippen LogP contribution in [0.25, 0.3) is 6.08 Å². The van der Waals surface area contributed by atoms with Crippen molar-refractivity contribution in [2.24, 2.45) is 0 Å². The molecule has 0 fully saturated rings. The fourth-order valence-corrected chi connectivity index (χ4v) is 2.39. The maximum Gasteiger partial charge on any atom is 0.269 e. The number of halogens is 1.